The summed E-state index contributed by atoms with van der Waals surface area (Å²) in [6, 6.07) is 15.0. The average molecular weight is 446 g/mol. The van der Waals surface area contributed by atoms with E-state index in [0.29, 0.717) is 28.5 Å². The zero-order chi connectivity index (χ0) is 23.9. The molecule has 0 radical (unpaired) electrons. The van der Waals surface area contributed by atoms with Gasteiger partial charge in [-0.05, 0) is 82.1 Å². The molecule has 1 aliphatic heterocycles. The third-order valence-corrected chi connectivity index (χ3v) is 5.72. The van der Waals surface area contributed by atoms with Gasteiger partial charge in [-0.15, -0.1) is 0 Å². The first-order chi connectivity index (χ1) is 15.7. The lowest BCUT2D eigenvalue weighted by atomic mass is 9.99. The molecule has 0 bridgehead atoms. The molecule has 1 amide bonds. The maximum Gasteiger partial charge on any atom is 0.300 e. The highest BCUT2D eigenvalue weighted by molar-refractivity contribution is 6.51. The smallest absolute Gasteiger partial charge is 0.300 e. The molecular formula is C27H27NO5. The fraction of sp³-hybridized carbons (Fsp3) is 0.259. The SMILES string of the molecule is Cc1ccc(C2/C(=C(/O)c3cccc(OC(C)C)c3)C(=O)C(=O)N2c2ccc(C)c(C)c2)o1. The van der Waals surface area contributed by atoms with Gasteiger partial charge in [-0.25, -0.2) is 0 Å². The van der Waals surface area contributed by atoms with E-state index < -0.39 is 17.7 Å². The summed E-state index contributed by atoms with van der Waals surface area (Å²) in [5.74, 6) is -0.145. The summed E-state index contributed by atoms with van der Waals surface area (Å²) in [6.45, 7) is 9.52. The van der Waals surface area contributed by atoms with Crippen molar-refractivity contribution in [2.45, 2.75) is 46.8 Å². The van der Waals surface area contributed by atoms with Crippen molar-refractivity contribution in [2.24, 2.45) is 0 Å². The van der Waals surface area contributed by atoms with Gasteiger partial charge in [-0.3, -0.25) is 14.5 Å². The molecule has 0 aliphatic carbocycles. The van der Waals surface area contributed by atoms with Crippen molar-refractivity contribution >= 4 is 23.1 Å². The minimum atomic E-state index is -0.893. The first-order valence-corrected chi connectivity index (χ1v) is 10.9. The van der Waals surface area contributed by atoms with Crippen LogP contribution in [0.15, 0.2) is 64.6 Å². The van der Waals surface area contributed by atoms with Crippen molar-refractivity contribution in [3.8, 4) is 5.75 Å². The van der Waals surface area contributed by atoms with E-state index in [4.69, 9.17) is 9.15 Å². The molecule has 6 nitrogen and oxygen atoms in total. The number of carbonyl (C=O) groups is 2. The van der Waals surface area contributed by atoms with Crippen molar-refractivity contribution in [1.29, 1.82) is 0 Å². The summed E-state index contributed by atoms with van der Waals surface area (Å²) in [7, 11) is 0. The van der Waals surface area contributed by atoms with Crippen LogP contribution in [0.3, 0.4) is 0 Å². The van der Waals surface area contributed by atoms with Crippen LogP contribution in [0.4, 0.5) is 5.69 Å². The van der Waals surface area contributed by atoms with Gasteiger partial charge in [-0.1, -0.05) is 18.2 Å². The van der Waals surface area contributed by atoms with Crippen molar-refractivity contribution in [3.63, 3.8) is 0 Å². The number of amides is 1. The van der Waals surface area contributed by atoms with E-state index in [1.54, 1.807) is 49.4 Å². The highest BCUT2D eigenvalue weighted by Crippen LogP contribution is 2.43. The Balaban J connectivity index is 1.90. The molecule has 1 aliphatic rings. The number of ether oxygens (including phenoxy) is 1. The van der Waals surface area contributed by atoms with Crippen LogP contribution < -0.4 is 9.64 Å². The number of aliphatic hydroxyl groups excluding tert-OH is 1. The summed E-state index contributed by atoms with van der Waals surface area (Å²) in [6.07, 6.45) is -0.0520. The number of hydrogen-bond acceptors (Lipinski definition) is 5. The van der Waals surface area contributed by atoms with Crippen LogP contribution in [0.5, 0.6) is 5.75 Å². The summed E-state index contributed by atoms with van der Waals surface area (Å²) < 4.78 is 11.6. The summed E-state index contributed by atoms with van der Waals surface area (Å²) in [5.41, 5.74) is 2.99. The Morgan fingerprint density at radius 2 is 1.76 bits per heavy atom. The molecule has 1 aromatic heterocycles. The van der Waals surface area contributed by atoms with Gasteiger partial charge in [0.15, 0.2) is 0 Å². The molecule has 4 rings (SSSR count). The van der Waals surface area contributed by atoms with E-state index in [0.717, 1.165) is 11.1 Å². The van der Waals surface area contributed by atoms with Gasteiger partial charge in [0.25, 0.3) is 11.7 Å². The summed E-state index contributed by atoms with van der Waals surface area (Å²) in [4.78, 5) is 27.8. The molecule has 0 saturated carbocycles. The molecule has 33 heavy (non-hydrogen) atoms. The molecule has 3 aromatic rings. The molecular weight excluding hydrogens is 418 g/mol. The second-order valence-electron chi connectivity index (χ2n) is 8.58. The van der Waals surface area contributed by atoms with Gasteiger partial charge in [0.2, 0.25) is 0 Å². The molecule has 6 heteroatoms. The zero-order valence-corrected chi connectivity index (χ0v) is 19.4. The van der Waals surface area contributed by atoms with Gasteiger partial charge >= 0.3 is 0 Å². The molecule has 170 valence electrons. The minimum absolute atomic E-state index is 0.0192. The van der Waals surface area contributed by atoms with Gasteiger partial charge in [0.05, 0.1) is 11.7 Å². The lowest BCUT2D eigenvalue weighted by molar-refractivity contribution is -0.132. The second-order valence-corrected chi connectivity index (χ2v) is 8.58. The second kappa shape index (κ2) is 8.62. The number of benzene rings is 2. The summed E-state index contributed by atoms with van der Waals surface area (Å²) >= 11 is 0. The number of Topliss-reactive ketones (excluding diaryl/α,β-unsaturated/α-hetero) is 1. The monoisotopic (exact) mass is 445 g/mol. The Morgan fingerprint density at radius 1 is 1.00 bits per heavy atom. The van der Waals surface area contributed by atoms with Crippen LogP contribution in [-0.4, -0.2) is 22.9 Å². The molecule has 1 saturated heterocycles. The quantitative estimate of drug-likeness (QED) is 0.313. The molecule has 1 unspecified atom stereocenters. The predicted octanol–water partition coefficient (Wildman–Crippen LogP) is 5.62. The first kappa shape index (κ1) is 22.4. The zero-order valence-electron chi connectivity index (χ0n) is 19.4. The van der Waals surface area contributed by atoms with Crippen molar-refractivity contribution in [1.82, 2.24) is 0 Å². The summed E-state index contributed by atoms with van der Waals surface area (Å²) in [5, 5.41) is 11.3. The fourth-order valence-electron chi connectivity index (χ4n) is 3.99. The van der Waals surface area contributed by atoms with E-state index in [1.807, 2.05) is 39.8 Å². The van der Waals surface area contributed by atoms with E-state index in [2.05, 4.69) is 0 Å². The number of nitrogens with zero attached hydrogens (tertiary/aromatic N) is 1. The third kappa shape index (κ3) is 4.16. The minimum Gasteiger partial charge on any atom is -0.507 e. The number of anilines is 1. The molecule has 2 aromatic carbocycles. The van der Waals surface area contributed by atoms with Crippen LogP contribution in [0.2, 0.25) is 0 Å². The van der Waals surface area contributed by atoms with Gasteiger partial charge in [0, 0.05) is 11.3 Å². The maximum absolute atomic E-state index is 13.2. The Labute approximate surface area is 193 Å². The van der Waals surface area contributed by atoms with Gasteiger partial charge in [0.1, 0.15) is 29.1 Å². The molecule has 1 atom stereocenters. The van der Waals surface area contributed by atoms with Crippen LogP contribution >= 0.6 is 0 Å². The Bertz CT molecular complexity index is 1270. The van der Waals surface area contributed by atoms with Crippen LogP contribution in [0.1, 0.15) is 48.1 Å². The standard InChI is InChI=1S/C27H27NO5/c1-15(2)32-21-8-6-7-19(14-21)25(29)23-24(22-12-10-18(5)33-22)28(27(31)26(23)30)20-11-9-16(3)17(4)13-20/h6-15,24,29H,1-5H3/b25-23-. The molecule has 0 spiro atoms. The average Bonchev–Trinajstić information content (AvgIpc) is 3.30. The van der Waals surface area contributed by atoms with Crippen molar-refractivity contribution in [3.05, 3.63) is 88.4 Å². The number of hydrogen-bond donors (Lipinski definition) is 1. The number of carbonyl (C=O) groups excluding carboxylic acids is 2. The maximum atomic E-state index is 13.2. The molecule has 2 heterocycles. The topological polar surface area (TPSA) is 80.0 Å². The van der Waals surface area contributed by atoms with E-state index >= 15 is 0 Å². The van der Waals surface area contributed by atoms with Gasteiger partial charge in [-0.2, -0.15) is 0 Å². The van der Waals surface area contributed by atoms with Crippen LogP contribution in [-0.2, 0) is 9.59 Å². The van der Waals surface area contributed by atoms with Crippen molar-refractivity contribution < 1.29 is 23.8 Å². The number of ketones is 1. The van der Waals surface area contributed by atoms with E-state index in [1.165, 1.54) is 4.90 Å². The number of aryl methyl sites for hydroxylation is 3. The highest BCUT2D eigenvalue weighted by atomic mass is 16.5. The van der Waals surface area contributed by atoms with Crippen molar-refractivity contribution in [2.75, 3.05) is 4.90 Å². The van der Waals surface area contributed by atoms with E-state index in [-0.39, 0.29) is 17.4 Å². The number of rotatable bonds is 5. The lowest BCUT2D eigenvalue weighted by Crippen LogP contribution is -2.29. The molecule has 1 fully saturated rings. The third-order valence-electron chi connectivity index (χ3n) is 5.72. The first-order valence-electron chi connectivity index (χ1n) is 10.9. The lowest BCUT2D eigenvalue weighted by Gasteiger charge is -2.24. The number of aliphatic hydroxyl groups is 1. The Morgan fingerprint density at radius 3 is 2.39 bits per heavy atom. The van der Waals surface area contributed by atoms with Crippen LogP contribution in [0.25, 0.3) is 5.76 Å². The number of furan rings is 1. The predicted molar refractivity (Wildman–Crippen MR) is 126 cm³/mol. The largest absolute Gasteiger partial charge is 0.507 e. The fourth-order valence-corrected chi connectivity index (χ4v) is 3.99. The highest BCUT2D eigenvalue weighted by Gasteiger charge is 2.48. The van der Waals surface area contributed by atoms with E-state index in [9.17, 15) is 14.7 Å². The normalized spacial score (nSPS) is 17.8. The van der Waals surface area contributed by atoms with Gasteiger partial charge < -0.3 is 14.3 Å². The Kier molecular flexibility index (Phi) is 5.85. The molecule has 1 N–H and O–H groups in total. The Hall–Kier alpha value is -3.80. The van der Waals surface area contributed by atoms with Crippen LogP contribution in [0, 0.1) is 20.8 Å².